The van der Waals surface area contributed by atoms with Gasteiger partial charge >= 0.3 is 0 Å². The van der Waals surface area contributed by atoms with Crippen LogP contribution in [0.2, 0.25) is 0 Å². The largest absolute Gasteiger partial charge is 0.295 e. The van der Waals surface area contributed by atoms with Crippen molar-refractivity contribution < 1.29 is 9.59 Å². The number of hydrogen-bond acceptors (Lipinski definition) is 2. The molecule has 0 saturated carbocycles. The zero-order valence-corrected chi connectivity index (χ0v) is 14.0. The van der Waals surface area contributed by atoms with E-state index in [1.165, 1.54) is 0 Å². The van der Waals surface area contributed by atoms with Crippen molar-refractivity contribution in [1.82, 2.24) is 0 Å². The van der Waals surface area contributed by atoms with Gasteiger partial charge in [-0.1, -0.05) is 99.9 Å². The Balaban J connectivity index is 0.000000342. The highest BCUT2D eigenvalue weighted by Gasteiger charge is 2.44. The Morgan fingerprint density at radius 1 is 0.842 bits per heavy atom. The lowest BCUT2D eigenvalue weighted by Crippen LogP contribution is -2.31. The van der Waals surface area contributed by atoms with Crippen molar-refractivity contribution in [2.24, 2.45) is 0 Å². The molecule has 0 saturated heterocycles. The Morgan fingerprint density at radius 2 is 1.21 bits per heavy atom. The van der Waals surface area contributed by atoms with E-state index in [2.05, 4.69) is 0 Å². The Kier molecular flexibility index (Phi) is 8.04. The third-order valence-corrected chi connectivity index (χ3v) is 2.73. The van der Waals surface area contributed by atoms with Gasteiger partial charge in [0.25, 0.3) is 7.59 Å². The predicted octanol–water partition coefficient (Wildman–Crippen LogP) is 5.19. The van der Waals surface area contributed by atoms with Crippen molar-refractivity contribution >= 4 is 81.2 Å². The molecule has 106 valence electrons. The van der Waals surface area contributed by atoms with Crippen molar-refractivity contribution in [2.45, 2.75) is 14.5 Å². The number of benzene rings is 1. The molecular formula is C11H8Cl6O2. The van der Waals surface area contributed by atoms with Gasteiger partial charge in [0.1, 0.15) is 0 Å². The van der Waals surface area contributed by atoms with Crippen LogP contribution in [0.15, 0.2) is 30.3 Å². The Bertz CT molecular complexity index is 417. The van der Waals surface area contributed by atoms with Gasteiger partial charge in [0.2, 0.25) is 5.78 Å². The average molecular weight is 385 g/mol. The van der Waals surface area contributed by atoms with E-state index >= 15 is 0 Å². The zero-order chi connectivity index (χ0) is 15.3. The van der Waals surface area contributed by atoms with Crippen LogP contribution in [0.3, 0.4) is 0 Å². The standard InChI is InChI=1S/C8H8O.C3Cl6O/c1-7(9)8-5-3-2-4-6-8;4-2(5,6)1(10)3(7,8)9/h2-6H,1H3;. The second-order valence-electron chi connectivity index (χ2n) is 3.25. The highest BCUT2D eigenvalue weighted by molar-refractivity contribution is 6.86. The monoisotopic (exact) mass is 382 g/mol. The number of Topliss-reactive ketones (excluding diaryl/α,β-unsaturated/α-hetero) is 2. The molecule has 0 aliphatic carbocycles. The number of carbonyl (C=O) groups excluding carboxylic acids is 2. The summed E-state index contributed by atoms with van der Waals surface area (Å²) < 4.78 is -4.35. The average Bonchev–Trinajstić information content (AvgIpc) is 2.27. The molecule has 1 rings (SSSR count). The summed E-state index contributed by atoms with van der Waals surface area (Å²) in [6.45, 7) is 1.56. The maximum Gasteiger partial charge on any atom is 0.253 e. The summed E-state index contributed by atoms with van der Waals surface area (Å²) in [5, 5.41) is 0. The fourth-order valence-corrected chi connectivity index (χ4v) is 2.12. The Morgan fingerprint density at radius 3 is 1.37 bits per heavy atom. The van der Waals surface area contributed by atoms with Crippen LogP contribution in [0.5, 0.6) is 0 Å². The summed E-state index contributed by atoms with van der Waals surface area (Å²) in [5.41, 5.74) is 0.775. The van der Waals surface area contributed by atoms with Gasteiger partial charge in [-0.15, -0.1) is 0 Å². The molecule has 8 heteroatoms. The smallest absolute Gasteiger partial charge is 0.253 e. The summed E-state index contributed by atoms with van der Waals surface area (Å²) in [4.78, 5) is 21.3. The molecule has 0 unspecified atom stereocenters. The lowest BCUT2D eigenvalue weighted by Gasteiger charge is -2.14. The van der Waals surface area contributed by atoms with E-state index in [0.717, 1.165) is 5.56 Å². The second kappa shape index (κ2) is 7.92. The van der Waals surface area contributed by atoms with Crippen LogP contribution in [-0.4, -0.2) is 19.2 Å². The van der Waals surface area contributed by atoms with Crippen molar-refractivity contribution in [3.8, 4) is 0 Å². The number of carbonyl (C=O) groups is 2. The van der Waals surface area contributed by atoms with E-state index in [-0.39, 0.29) is 5.78 Å². The molecule has 0 amide bonds. The molecule has 0 atom stereocenters. The number of hydrogen-bond donors (Lipinski definition) is 0. The molecule has 1 aromatic rings. The molecule has 0 aliphatic rings. The molecule has 0 fully saturated rings. The third kappa shape index (κ3) is 8.23. The van der Waals surface area contributed by atoms with Crippen molar-refractivity contribution in [3.05, 3.63) is 35.9 Å². The Labute approximate surface area is 140 Å². The lowest BCUT2D eigenvalue weighted by molar-refractivity contribution is -0.117. The highest BCUT2D eigenvalue weighted by Crippen LogP contribution is 2.39. The van der Waals surface area contributed by atoms with Crippen LogP contribution in [0.4, 0.5) is 0 Å². The molecule has 0 spiro atoms. The van der Waals surface area contributed by atoms with E-state index in [4.69, 9.17) is 69.6 Å². The molecule has 2 nitrogen and oxygen atoms in total. The van der Waals surface area contributed by atoms with Crippen LogP contribution in [0.25, 0.3) is 0 Å². The van der Waals surface area contributed by atoms with Crippen LogP contribution in [0.1, 0.15) is 17.3 Å². The predicted molar refractivity (Wildman–Crippen MR) is 82.0 cm³/mol. The van der Waals surface area contributed by atoms with E-state index in [9.17, 15) is 9.59 Å². The van der Waals surface area contributed by atoms with Gasteiger partial charge in [0.15, 0.2) is 5.78 Å². The van der Waals surface area contributed by atoms with Gasteiger partial charge in [0, 0.05) is 5.56 Å². The van der Waals surface area contributed by atoms with Gasteiger partial charge in [0.05, 0.1) is 0 Å². The van der Waals surface area contributed by atoms with Crippen LogP contribution >= 0.6 is 69.6 Å². The topological polar surface area (TPSA) is 34.1 Å². The lowest BCUT2D eigenvalue weighted by atomic mass is 10.2. The Hall–Kier alpha value is 0.300. The molecule has 0 aliphatic heterocycles. The fraction of sp³-hybridized carbons (Fsp3) is 0.273. The van der Waals surface area contributed by atoms with Gasteiger partial charge < -0.3 is 0 Å². The van der Waals surface area contributed by atoms with E-state index in [0.29, 0.717) is 0 Å². The van der Waals surface area contributed by atoms with Crippen molar-refractivity contribution in [3.63, 3.8) is 0 Å². The normalized spacial score (nSPS) is 11.3. The number of alkyl halides is 6. The van der Waals surface area contributed by atoms with Gasteiger partial charge in [-0.3, -0.25) is 9.59 Å². The van der Waals surface area contributed by atoms with E-state index in [1.54, 1.807) is 6.92 Å². The first-order valence-corrected chi connectivity index (χ1v) is 6.97. The van der Waals surface area contributed by atoms with E-state index in [1.807, 2.05) is 30.3 Å². The first kappa shape index (κ1) is 19.3. The molecule has 0 heterocycles. The molecule has 0 N–H and O–H groups in total. The zero-order valence-electron chi connectivity index (χ0n) is 9.47. The van der Waals surface area contributed by atoms with Gasteiger partial charge in [-0.25, -0.2) is 0 Å². The van der Waals surface area contributed by atoms with Crippen LogP contribution in [0, 0.1) is 0 Å². The minimum absolute atomic E-state index is 0.121. The maximum atomic E-state index is 10.7. The summed E-state index contributed by atoms with van der Waals surface area (Å²) in [6.07, 6.45) is 0. The first-order chi connectivity index (χ1) is 8.46. The summed E-state index contributed by atoms with van der Waals surface area (Å²) in [5.74, 6) is -0.967. The van der Waals surface area contributed by atoms with Crippen molar-refractivity contribution in [2.75, 3.05) is 0 Å². The summed E-state index contributed by atoms with van der Waals surface area (Å²) in [6, 6.07) is 9.23. The SMILES string of the molecule is CC(=O)c1ccccc1.O=C(C(Cl)(Cl)Cl)C(Cl)(Cl)Cl. The van der Waals surface area contributed by atoms with Gasteiger partial charge in [-0.2, -0.15) is 0 Å². The molecule has 19 heavy (non-hydrogen) atoms. The number of halogens is 6. The van der Waals surface area contributed by atoms with Crippen molar-refractivity contribution in [1.29, 1.82) is 0 Å². The molecule has 1 aromatic carbocycles. The third-order valence-electron chi connectivity index (χ3n) is 1.70. The molecule has 0 aromatic heterocycles. The molecular weight excluding hydrogens is 377 g/mol. The first-order valence-electron chi connectivity index (χ1n) is 4.70. The minimum Gasteiger partial charge on any atom is -0.295 e. The van der Waals surface area contributed by atoms with Crippen LogP contribution in [-0.2, 0) is 4.79 Å². The second-order valence-corrected chi connectivity index (χ2v) is 7.81. The van der Waals surface area contributed by atoms with Crippen LogP contribution < -0.4 is 0 Å². The number of rotatable bonds is 1. The van der Waals surface area contributed by atoms with Gasteiger partial charge in [-0.05, 0) is 6.92 Å². The quantitative estimate of drug-likeness (QED) is 0.493. The fourth-order valence-electron chi connectivity index (χ4n) is 0.834. The van der Waals surface area contributed by atoms with E-state index < -0.39 is 13.4 Å². The maximum absolute atomic E-state index is 10.7. The summed E-state index contributed by atoms with van der Waals surface area (Å²) in [7, 11) is 0. The minimum atomic E-state index is -2.18. The highest BCUT2D eigenvalue weighted by atomic mass is 35.6. The molecule has 0 bridgehead atoms. The summed E-state index contributed by atoms with van der Waals surface area (Å²) >= 11 is 30.6. The number of ketones is 2. The molecule has 0 radical (unpaired) electrons.